The third-order valence-electron chi connectivity index (χ3n) is 0.115. The zero-order valence-corrected chi connectivity index (χ0v) is 6.02. The van der Waals surface area contributed by atoms with Gasteiger partial charge < -0.3 is 0 Å². The quantitative estimate of drug-likeness (QED) is 0.245. The first-order chi connectivity index (χ1) is 2.56. The van der Waals surface area contributed by atoms with E-state index in [-0.39, 0.29) is 38.4 Å². The second-order valence-electron chi connectivity index (χ2n) is 0.566. The summed E-state index contributed by atoms with van der Waals surface area (Å²) in [6.45, 7) is 0. The molecule has 0 bridgehead atoms. The summed E-state index contributed by atoms with van der Waals surface area (Å²) in [4.78, 5) is 0. The van der Waals surface area contributed by atoms with Gasteiger partial charge in [-0.3, -0.25) is 4.55 Å². The number of thiocyanates is 1. The molecule has 0 aromatic heterocycles. The van der Waals surface area contributed by atoms with E-state index in [0.29, 0.717) is 5.40 Å². The van der Waals surface area contributed by atoms with Crippen LogP contribution in [0.5, 0.6) is 0 Å². The van der Waals surface area contributed by atoms with Crippen LogP contribution in [-0.2, 0) is 31.2 Å². The molecule has 1 N–H and O–H groups in total. The molecule has 0 heterocycles. The maximum Gasteiger partial charge on any atom is 0.360 e. The molecule has 0 saturated carbocycles. The number of hydrogen-bond donors (Lipinski definition) is 1. The minimum Gasteiger partial charge on any atom is -0.274 e. The van der Waals surface area contributed by atoms with E-state index in [2.05, 4.69) is 0 Å². The van der Waals surface area contributed by atoms with Gasteiger partial charge in [0, 0.05) is 21.1 Å². The number of hydrogen-bond acceptors (Lipinski definition) is 3. The molecular weight excluding hydrogens is 328 g/mol. The fourth-order valence-corrected chi connectivity index (χ4v) is 0. The topological polar surface area (TPSA) is 78.2 Å². The van der Waals surface area contributed by atoms with E-state index in [0.717, 1.165) is 0 Å². The van der Waals surface area contributed by atoms with Gasteiger partial charge in [0.15, 0.2) is 17.4 Å². The van der Waals surface area contributed by atoms with Crippen molar-refractivity contribution in [1.82, 2.24) is 0 Å². The summed E-state index contributed by atoms with van der Waals surface area (Å²) in [7, 11) is -4.36. The molecule has 0 amide bonds. The Hall–Kier alpha value is 0.621. The molecule has 0 aliphatic heterocycles. The predicted octanol–water partition coefficient (Wildman–Crippen LogP) is -1.83. The molecule has 0 atom stereocenters. The van der Waals surface area contributed by atoms with Gasteiger partial charge in [0.2, 0.25) is 5.40 Å². The van der Waals surface area contributed by atoms with E-state index >= 15 is 0 Å². The van der Waals surface area contributed by atoms with Gasteiger partial charge >= 0.3 is 10.1 Å². The first-order valence-corrected chi connectivity index (χ1v) is 2.38. The summed E-state index contributed by atoms with van der Waals surface area (Å²) in [5.41, 5.74) is 0. The molecule has 0 fully saturated rings. The minimum atomic E-state index is -4.36. The summed E-state index contributed by atoms with van der Waals surface area (Å²) >= 11 is 0. The third kappa shape index (κ3) is 16.0. The van der Waals surface area contributed by atoms with Crippen LogP contribution in [0.1, 0.15) is 0 Å². The second kappa shape index (κ2) is 5.75. The zero-order valence-electron chi connectivity index (χ0n) is 2.94. The molecule has 0 aromatic rings. The van der Waals surface area contributed by atoms with Crippen LogP contribution in [0.15, 0.2) is 0 Å². The summed E-state index contributed by atoms with van der Waals surface area (Å²) in [6, 6.07) is 0. The average Bonchev–Trinajstić information content (AvgIpc) is 1.35. The normalized spacial score (nSPS) is 7.50. The second-order valence-corrected chi connectivity index (χ2v) is 1.70. The van der Waals surface area contributed by atoms with E-state index in [9.17, 15) is 8.42 Å². The molecule has 0 spiro atoms. The van der Waals surface area contributed by atoms with Crippen molar-refractivity contribution in [2.45, 2.75) is 0 Å². The Labute approximate surface area is 72.0 Å². The predicted molar refractivity (Wildman–Crippen MR) is 27.1 cm³/mol. The van der Waals surface area contributed by atoms with Crippen molar-refractivity contribution in [3.63, 3.8) is 0 Å². The van der Waals surface area contributed by atoms with E-state index in [1.165, 1.54) is 0 Å². The molecule has 8 heavy (non-hydrogen) atoms. The fraction of sp³-hybridized carbons (Fsp3) is 0. The van der Waals surface area contributed by atoms with Gasteiger partial charge in [-0.2, -0.15) is 13.7 Å². The van der Waals surface area contributed by atoms with Gasteiger partial charge in [-0.25, -0.2) is 0 Å². The average molecular weight is 332 g/mol. The van der Waals surface area contributed by atoms with Gasteiger partial charge in [-0.15, -0.1) is 0 Å². The summed E-state index contributed by atoms with van der Waals surface area (Å²) in [5, 5.41) is 7.95. The van der Waals surface area contributed by atoms with E-state index in [1.54, 1.807) is 0 Å². The largest absolute Gasteiger partial charge is 0.360 e. The molecule has 0 radical (unpaired) electrons. The first kappa shape index (κ1) is 15.8. The Morgan fingerprint density at radius 1 is 1.50 bits per heavy atom. The molecule has 0 rings (SSSR count). The molecule has 7 heteroatoms. The van der Waals surface area contributed by atoms with Crippen molar-refractivity contribution in [2.24, 2.45) is 0 Å². The Balaban J connectivity index is -0.000000125. The molecule has 0 aliphatic rings. The van der Waals surface area contributed by atoms with Crippen molar-refractivity contribution in [1.29, 1.82) is 5.26 Å². The van der Waals surface area contributed by atoms with Crippen LogP contribution in [0.2, 0.25) is 0 Å². The van der Waals surface area contributed by atoms with Crippen molar-refractivity contribution < 1.29 is 34.0 Å². The van der Waals surface area contributed by atoms with Crippen molar-refractivity contribution >= 4 is 27.5 Å². The molecule has 0 unspecified atom stereocenters. The summed E-state index contributed by atoms with van der Waals surface area (Å²) in [5.74, 6) is 0. The maximum absolute atomic E-state index is 9.19. The number of nitriles is 1. The number of nitrogens with zero attached hydrogens (tertiary/aromatic N) is 1. The molecule has 0 aliphatic carbocycles. The molecule has 0 aromatic carbocycles. The number of rotatable bonds is 0. The summed E-state index contributed by atoms with van der Waals surface area (Å²) < 4.78 is 25.8. The molecule has 4 nitrogen and oxygen atoms in total. The van der Waals surface area contributed by atoms with Crippen molar-refractivity contribution in [2.75, 3.05) is 0 Å². The Morgan fingerprint density at radius 2 is 1.62 bits per heavy atom. The Bertz CT molecular complexity index is 168. The first-order valence-electron chi connectivity index (χ1n) is 0.944. The smallest absolute Gasteiger partial charge is 0.274 e. The van der Waals surface area contributed by atoms with Crippen LogP contribution in [0, 0.1) is 10.7 Å². The Morgan fingerprint density at radius 3 is 1.62 bits per heavy atom. The SMILES string of the molecule is N#CS(=O)(=O)O.[AlH3].[Pt]. The zero-order chi connectivity index (χ0) is 5.21. The van der Waals surface area contributed by atoms with Crippen molar-refractivity contribution in [3.8, 4) is 5.40 Å². The van der Waals surface area contributed by atoms with Crippen LogP contribution in [0.25, 0.3) is 0 Å². The van der Waals surface area contributed by atoms with Crippen LogP contribution < -0.4 is 0 Å². The van der Waals surface area contributed by atoms with Gasteiger partial charge in [-0.1, -0.05) is 0 Å². The maximum atomic E-state index is 9.19. The van der Waals surface area contributed by atoms with E-state index < -0.39 is 10.1 Å². The van der Waals surface area contributed by atoms with Crippen molar-refractivity contribution in [3.05, 3.63) is 0 Å². The van der Waals surface area contributed by atoms with Crippen LogP contribution in [0.3, 0.4) is 0 Å². The standard InChI is InChI=1S/CHNO3S.Al.Pt.3H/c2-1-6(3,4)5;;;;;/h(H,3,4,5);;;;;. The molecular formula is CH4AlNO3PtS. The summed E-state index contributed by atoms with van der Waals surface area (Å²) in [6.07, 6.45) is 0. The molecule has 50 valence electrons. The van der Waals surface area contributed by atoms with E-state index in [4.69, 9.17) is 9.81 Å². The minimum absolute atomic E-state index is 0. The van der Waals surface area contributed by atoms with Gasteiger partial charge in [0.25, 0.3) is 0 Å². The van der Waals surface area contributed by atoms with Crippen LogP contribution >= 0.6 is 0 Å². The Kier molecular flexibility index (Phi) is 11.4. The van der Waals surface area contributed by atoms with Gasteiger partial charge in [0.05, 0.1) is 0 Å². The fourth-order valence-electron chi connectivity index (χ4n) is 0. The monoisotopic (exact) mass is 332 g/mol. The molecule has 0 saturated heterocycles. The van der Waals surface area contributed by atoms with E-state index in [1.807, 2.05) is 0 Å². The van der Waals surface area contributed by atoms with Crippen LogP contribution in [-0.4, -0.2) is 30.3 Å². The van der Waals surface area contributed by atoms with Gasteiger partial charge in [-0.05, 0) is 0 Å². The third-order valence-corrected chi connectivity index (χ3v) is 0.346. The van der Waals surface area contributed by atoms with Gasteiger partial charge in [0.1, 0.15) is 0 Å². The van der Waals surface area contributed by atoms with Crippen LogP contribution in [0.4, 0.5) is 0 Å².